The third-order valence-corrected chi connectivity index (χ3v) is 4.06. The largest absolute Gasteiger partial charge is 0.478 e. The molecule has 0 radical (unpaired) electrons. The summed E-state index contributed by atoms with van der Waals surface area (Å²) in [5.74, 6) is -2.58. The van der Waals surface area contributed by atoms with Crippen molar-refractivity contribution in [2.24, 2.45) is 0 Å². The molecule has 0 fully saturated rings. The number of hydrogen-bond acceptors (Lipinski definition) is 3. The average Bonchev–Trinajstić information content (AvgIpc) is 2.73. The number of Topliss-reactive ketones (excluding diaryl/α,β-unsaturated/α-hetero) is 1. The van der Waals surface area contributed by atoms with Gasteiger partial charge in [-0.3, -0.25) is 14.5 Å². The Morgan fingerprint density at radius 3 is 2.52 bits per heavy atom. The van der Waals surface area contributed by atoms with Crippen molar-refractivity contribution >= 4 is 46.5 Å². The van der Waals surface area contributed by atoms with E-state index in [-0.39, 0.29) is 33.4 Å². The van der Waals surface area contributed by atoms with Gasteiger partial charge in [0, 0.05) is 5.02 Å². The van der Waals surface area contributed by atoms with Crippen molar-refractivity contribution in [2.75, 3.05) is 4.90 Å². The van der Waals surface area contributed by atoms with Gasteiger partial charge in [0.2, 0.25) is 0 Å². The Balaban J connectivity index is 2.08. The highest BCUT2D eigenvalue weighted by Gasteiger charge is 2.38. The summed E-state index contributed by atoms with van der Waals surface area (Å²) in [7, 11) is 0. The molecule has 5 nitrogen and oxygen atoms in total. The number of carboxylic acids is 1. The second kappa shape index (κ2) is 5.68. The molecule has 0 aromatic heterocycles. The topological polar surface area (TPSA) is 74.7 Å². The van der Waals surface area contributed by atoms with Crippen molar-refractivity contribution in [3.8, 4) is 0 Å². The van der Waals surface area contributed by atoms with E-state index < -0.39 is 17.7 Å². The number of aromatic carboxylic acids is 1. The minimum Gasteiger partial charge on any atom is -0.478 e. The first kappa shape index (κ1) is 15.5. The van der Waals surface area contributed by atoms with Crippen LogP contribution in [-0.4, -0.2) is 22.8 Å². The second-order valence-corrected chi connectivity index (χ2v) is 5.81. The molecule has 0 spiro atoms. The van der Waals surface area contributed by atoms with Crippen LogP contribution in [0.4, 0.5) is 5.69 Å². The van der Waals surface area contributed by atoms with Crippen molar-refractivity contribution in [3.05, 3.63) is 63.1 Å². The van der Waals surface area contributed by atoms with E-state index in [1.807, 2.05) is 0 Å². The molecule has 0 atom stereocenters. The van der Waals surface area contributed by atoms with E-state index in [0.717, 1.165) is 0 Å². The smallest absolute Gasteiger partial charge is 0.336 e. The zero-order chi connectivity index (χ0) is 16.7. The van der Waals surface area contributed by atoms with Crippen LogP contribution < -0.4 is 4.90 Å². The van der Waals surface area contributed by atoms with Crippen molar-refractivity contribution in [3.63, 3.8) is 0 Å². The summed E-state index contributed by atoms with van der Waals surface area (Å²) >= 11 is 12.0. The molecular weight excluding hydrogens is 341 g/mol. The van der Waals surface area contributed by atoms with Crippen LogP contribution in [0.15, 0.2) is 36.4 Å². The standard InChI is InChI=1S/C16H9Cl2NO4/c17-9-5-11-13(12(18)6-9)19(15(21)14(11)20)7-8-3-1-2-4-10(8)16(22)23/h1-6H,7H2,(H,22,23). The maximum Gasteiger partial charge on any atom is 0.336 e. The number of carbonyl (C=O) groups excluding carboxylic acids is 2. The van der Waals surface area contributed by atoms with Crippen molar-refractivity contribution in [2.45, 2.75) is 6.54 Å². The minimum atomic E-state index is -1.11. The molecule has 2 aromatic carbocycles. The molecule has 7 heteroatoms. The summed E-state index contributed by atoms with van der Waals surface area (Å²) < 4.78 is 0. The fourth-order valence-electron chi connectivity index (χ4n) is 2.54. The zero-order valence-electron chi connectivity index (χ0n) is 11.5. The quantitative estimate of drug-likeness (QED) is 0.861. The third-order valence-electron chi connectivity index (χ3n) is 3.56. The Morgan fingerprint density at radius 1 is 1.13 bits per heavy atom. The molecule has 2 aromatic rings. The van der Waals surface area contributed by atoms with Crippen LogP contribution in [0.5, 0.6) is 0 Å². The van der Waals surface area contributed by atoms with E-state index in [2.05, 4.69) is 0 Å². The predicted molar refractivity (Wildman–Crippen MR) is 85.4 cm³/mol. The van der Waals surface area contributed by atoms with Crippen LogP contribution in [0, 0.1) is 0 Å². The van der Waals surface area contributed by atoms with Gasteiger partial charge in [0.15, 0.2) is 0 Å². The van der Waals surface area contributed by atoms with Crippen molar-refractivity contribution in [1.82, 2.24) is 0 Å². The van der Waals surface area contributed by atoms with Crippen LogP contribution >= 0.6 is 23.2 Å². The Hall–Kier alpha value is -2.37. The van der Waals surface area contributed by atoms with Crippen LogP contribution in [0.1, 0.15) is 26.3 Å². The van der Waals surface area contributed by atoms with Crippen LogP contribution in [0.3, 0.4) is 0 Å². The maximum atomic E-state index is 12.2. The first-order valence-corrected chi connectivity index (χ1v) is 7.32. The van der Waals surface area contributed by atoms with Gasteiger partial charge in [-0.1, -0.05) is 41.4 Å². The molecule has 1 aliphatic heterocycles. The maximum absolute atomic E-state index is 12.2. The predicted octanol–water partition coefficient (Wildman–Crippen LogP) is 3.42. The van der Waals surface area contributed by atoms with Gasteiger partial charge in [-0.2, -0.15) is 0 Å². The van der Waals surface area contributed by atoms with Gasteiger partial charge in [0.05, 0.1) is 28.4 Å². The number of amides is 1. The number of halogens is 2. The van der Waals surface area contributed by atoms with Crippen LogP contribution in [0.25, 0.3) is 0 Å². The van der Waals surface area contributed by atoms with Crippen LogP contribution in [0.2, 0.25) is 10.0 Å². The molecular formula is C16H9Cl2NO4. The highest BCUT2D eigenvalue weighted by Crippen LogP contribution is 2.39. The molecule has 1 N–H and O–H groups in total. The number of carbonyl (C=O) groups is 3. The molecule has 3 rings (SSSR count). The van der Waals surface area contributed by atoms with Crippen molar-refractivity contribution in [1.29, 1.82) is 0 Å². The number of fused-ring (bicyclic) bond motifs is 1. The first-order chi connectivity index (χ1) is 10.9. The van der Waals surface area contributed by atoms with Gasteiger partial charge in [-0.15, -0.1) is 0 Å². The monoisotopic (exact) mass is 349 g/mol. The average molecular weight is 350 g/mol. The van der Waals surface area contributed by atoms with Gasteiger partial charge >= 0.3 is 5.97 Å². The summed E-state index contributed by atoms with van der Waals surface area (Å²) in [4.78, 5) is 36.8. The summed E-state index contributed by atoms with van der Waals surface area (Å²) in [5.41, 5.74) is 0.845. The van der Waals surface area contributed by atoms with E-state index in [4.69, 9.17) is 23.2 Å². The lowest BCUT2D eigenvalue weighted by Gasteiger charge is -2.19. The van der Waals surface area contributed by atoms with E-state index in [1.165, 1.54) is 23.1 Å². The zero-order valence-corrected chi connectivity index (χ0v) is 13.1. The summed E-state index contributed by atoms with van der Waals surface area (Å²) in [6.45, 7) is -0.0681. The van der Waals surface area contributed by atoms with Gasteiger partial charge in [-0.25, -0.2) is 4.79 Å². The molecule has 0 saturated carbocycles. The molecule has 1 amide bonds. The lowest BCUT2D eigenvalue weighted by atomic mass is 10.1. The van der Waals surface area contributed by atoms with Crippen LogP contribution in [-0.2, 0) is 11.3 Å². The normalized spacial score (nSPS) is 13.4. The molecule has 1 aliphatic rings. The number of nitrogens with zero attached hydrogens (tertiary/aromatic N) is 1. The Kier molecular flexibility index (Phi) is 3.83. The lowest BCUT2D eigenvalue weighted by molar-refractivity contribution is -0.114. The molecule has 23 heavy (non-hydrogen) atoms. The van der Waals surface area contributed by atoms with E-state index in [9.17, 15) is 19.5 Å². The fraction of sp³-hybridized carbons (Fsp3) is 0.0625. The minimum absolute atomic E-state index is 0.0614. The van der Waals surface area contributed by atoms with Gasteiger partial charge in [0.1, 0.15) is 0 Å². The number of anilines is 1. The van der Waals surface area contributed by atoms with Gasteiger partial charge in [-0.05, 0) is 23.8 Å². The van der Waals surface area contributed by atoms with E-state index >= 15 is 0 Å². The highest BCUT2D eigenvalue weighted by atomic mass is 35.5. The summed E-state index contributed by atoms with van der Waals surface area (Å²) in [6.07, 6.45) is 0. The Bertz CT molecular complexity index is 863. The number of ketones is 1. The SMILES string of the molecule is O=C(O)c1ccccc1CN1C(=O)C(=O)c2cc(Cl)cc(Cl)c21. The number of benzene rings is 2. The third kappa shape index (κ3) is 2.58. The molecule has 1 heterocycles. The summed E-state index contributed by atoms with van der Waals surface area (Å²) in [6, 6.07) is 9.09. The van der Waals surface area contributed by atoms with Gasteiger partial charge in [0.25, 0.3) is 11.7 Å². The van der Waals surface area contributed by atoms with E-state index in [0.29, 0.717) is 5.56 Å². The Morgan fingerprint density at radius 2 is 1.83 bits per heavy atom. The number of rotatable bonds is 3. The highest BCUT2D eigenvalue weighted by molar-refractivity contribution is 6.54. The molecule has 0 saturated heterocycles. The van der Waals surface area contributed by atoms with E-state index in [1.54, 1.807) is 18.2 Å². The fourth-order valence-corrected chi connectivity index (χ4v) is 3.14. The van der Waals surface area contributed by atoms with Gasteiger partial charge < -0.3 is 5.11 Å². The lowest BCUT2D eigenvalue weighted by Crippen LogP contribution is -2.30. The summed E-state index contributed by atoms with van der Waals surface area (Å²) in [5, 5.41) is 9.65. The molecule has 0 bridgehead atoms. The molecule has 0 unspecified atom stereocenters. The Labute approximate surface area is 141 Å². The number of carboxylic acid groups (broad SMARTS) is 1. The first-order valence-electron chi connectivity index (χ1n) is 6.56. The number of hydrogen-bond donors (Lipinski definition) is 1. The van der Waals surface area contributed by atoms with Crippen molar-refractivity contribution < 1.29 is 19.5 Å². The molecule has 0 aliphatic carbocycles. The molecule has 116 valence electrons. The second-order valence-electron chi connectivity index (χ2n) is 4.97.